The Morgan fingerprint density at radius 3 is 2.57 bits per heavy atom. The zero-order valence-corrected chi connectivity index (χ0v) is 13.7. The minimum absolute atomic E-state index is 0. The first-order valence-electron chi connectivity index (χ1n) is 7.75. The molecule has 0 radical (unpaired) electrons. The molecule has 0 aliphatic carbocycles. The molecule has 0 bridgehead atoms. The molecule has 0 aromatic heterocycles. The highest BCUT2D eigenvalue weighted by Crippen LogP contribution is 2.20. The lowest BCUT2D eigenvalue weighted by Gasteiger charge is -2.14. The molecule has 0 saturated carbocycles. The van der Waals surface area contributed by atoms with Gasteiger partial charge in [0.25, 0.3) is 5.91 Å². The average molecular weight is 332 g/mol. The topological polar surface area (TPSA) is 53.2 Å². The van der Waals surface area contributed by atoms with Crippen molar-refractivity contribution in [2.24, 2.45) is 0 Å². The first-order chi connectivity index (χ1) is 10.8. The molecule has 1 unspecified atom stereocenters. The van der Waals surface area contributed by atoms with Crippen molar-refractivity contribution in [3.8, 4) is 0 Å². The number of rotatable bonds is 5. The summed E-state index contributed by atoms with van der Waals surface area (Å²) in [6, 6.07) is 17.9. The van der Waals surface area contributed by atoms with E-state index in [-0.39, 0.29) is 18.3 Å². The van der Waals surface area contributed by atoms with Crippen LogP contribution in [0.2, 0.25) is 0 Å². The number of hydrogen-bond donors (Lipinski definition) is 3. The number of amides is 1. The highest BCUT2D eigenvalue weighted by atomic mass is 35.5. The molecule has 1 aliphatic rings. The summed E-state index contributed by atoms with van der Waals surface area (Å²) in [6.07, 6.45) is 2.32. The molecule has 1 aliphatic heterocycles. The molecule has 1 amide bonds. The number of benzene rings is 2. The second-order valence-electron chi connectivity index (χ2n) is 5.54. The van der Waals surface area contributed by atoms with Crippen molar-refractivity contribution < 1.29 is 4.79 Å². The van der Waals surface area contributed by atoms with Crippen LogP contribution in [0, 0.1) is 0 Å². The third kappa shape index (κ3) is 4.71. The molecule has 2 aromatic rings. The standard InChI is InChI=1S/C18H21N3O.ClH/c22-18(20-13-15-9-6-12-19-15)16-10-4-5-11-17(16)21-14-7-2-1-3-8-14;/h1-5,7-8,10-11,15,19,21H,6,9,12-13H2,(H,20,22);1H. The number of hydrogen-bond acceptors (Lipinski definition) is 3. The Hall–Kier alpha value is -2.04. The van der Waals surface area contributed by atoms with E-state index in [1.54, 1.807) is 0 Å². The molecular weight excluding hydrogens is 310 g/mol. The Kier molecular flexibility index (Phi) is 6.44. The lowest BCUT2D eigenvalue weighted by atomic mass is 10.1. The fourth-order valence-corrected chi connectivity index (χ4v) is 2.71. The van der Waals surface area contributed by atoms with Gasteiger partial charge in [0.05, 0.1) is 11.3 Å². The monoisotopic (exact) mass is 331 g/mol. The number of anilines is 2. The molecule has 3 N–H and O–H groups in total. The summed E-state index contributed by atoms with van der Waals surface area (Å²) in [5, 5.41) is 9.72. The first-order valence-corrected chi connectivity index (χ1v) is 7.75. The van der Waals surface area contributed by atoms with Crippen LogP contribution in [0.25, 0.3) is 0 Å². The van der Waals surface area contributed by atoms with Gasteiger partial charge in [-0.25, -0.2) is 0 Å². The minimum Gasteiger partial charge on any atom is -0.355 e. The van der Waals surface area contributed by atoms with Gasteiger partial charge in [0.1, 0.15) is 0 Å². The lowest BCUT2D eigenvalue weighted by Crippen LogP contribution is -2.37. The predicted molar refractivity (Wildman–Crippen MR) is 96.8 cm³/mol. The van der Waals surface area contributed by atoms with E-state index in [0.717, 1.165) is 24.3 Å². The molecule has 122 valence electrons. The summed E-state index contributed by atoms with van der Waals surface area (Å²) >= 11 is 0. The molecular formula is C18H22ClN3O. The Morgan fingerprint density at radius 1 is 1.09 bits per heavy atom. The third-order valence-corrected chi connectivity index (χ3v) is 3.90. The van der Waals surface area contributed by atoms with E-state index in [4.69, 9.17) is 0 Å². The maximum Gasteiger partial charge on any atom is 0.253 e. The summed E-state index contributed by atoms with van der Waals surface area (Å²) in [4.78, 5) is 12.4. The number of halogens is 1. The fraction of sp³-hybridized carbons (Fsp3) is 0.278. The van der Waals surface area contributed by atoms with Gasteiger partial charge in [-0.05, 0) is 43.7 Å². The van der Waals surface area contributed by atoms with Crippen molar-refractivity contribution >= 4 is 29.7 Å². The van der Waals surface area contributed by atoms with E-state index in [0.29, 0.717) is 18.2 Å². The van der Waals surface area contributed by atoms with Crippen LogP contribution >= 0.6 is 12.4 Å². The van der Waals surface area contributed by atoms with Gasteiger partial charge in [-0.15, -0.1) is 12.4 Å². The molecule has 1 saturated heterocycles. The van der Waals surface area contributed by atoms with E-state index in [1.807, 2.05) is 54.6 Å². The van der Waals surface area contributed by atoms with Gasteiger partial charge in [0, 0.05) is 18.3 Å². The van der Waals surface area contributed by atoms with Gasteiger partial charge in [-0.2, -0.15) is 0 Å². The largest absolute Gasteiger partial charge is 0.355 e. The Morgan fingerprint density at radius 2 is 1.83 bits per heavy atom. The van der Waals surface area contributed by atoms with Crippen LogP contribution in [-0.2, 0) is 0 Å². The van der Waals surface area contributed by atoms with Crippen molar-refractivity contribution in [1.29, 1.82) is 0 Å². The molecule has 2 aromatic carbocycles. The van der Waals surface area contributed by atoms with Gasteiger partial charge < -0.3 is 16.0 Å². The van der Waals surface area contributed by atoms with Crippen molar-refractivity contribution in [3.05, 3.63) is 60.2 Å². The number of carbonyl (C=O) groups is 1. The van der Waals surface area contributed by atoms with Gasteiger partial charge >= 0.3 is 0 Å². The molecule has 5 heteroatoms. The second kappa shape index (κ2) is 8.56. The molecule has 1 atom stereocenters. The quantitative estimate of drug-likeness (QED) is 0.787. The fourth-order valence-electron chi connectivity index (χ4n) is 2.71. The lowest BCUT2D eigenvalue weighted by molar-refractivity contribution is 0.0951. The summed E-state index contributed by atoms with van der Waals surface area (Å²) in [6.45, 7) is 1.73. The highest BCUT2D eigenvalue weighted by molar-refractivity contribution is 6.00. The minimum atomic E-state index is -0.0345. The van der Waals surface area contributed by atoms with Crippen LogP contribution in [-0.4, -0.2) is 25.0 Å². The van der Waals surface area contributed by atoms with E-state index in [1.165, 1.54) is 6.42 Å². The van der Waals surface area contributed by atoms with Crippen LogP contribution < -0.4 is 16.0 Å². The van der Waals surface area contributed by atoms with Gasteiger partial charge in [-0.3, -0.25) is 4.79 Å². The van der Waals surface area contributed by atoms with Crippen LogP contribution in [0.15, 0.2) is 54.6 Å². The van der Waals surface area contributed by atoms with E-state index >= 15 is 0 Å². The molecule has 1 heterocycles. The molecule has 1 fully saturated rings. The van der Waals surface area contributed by atoms with E-state index in [2.05, 4.69) is 16.0 Å². The molecule has 23 heavy (non-hydrogen) atoms. The number of nitrogens with one attached hydrogen (secondary N) is 3. The predicted octanol–water partition coefficient (Wildman–Crippen LogP) is 3.33. The summed E-state index contributed by atoms with van der Waals surface area (Å²) in [5.74, 6) is -0.0345. The Labute approximate surface area is 143 Å². The van der Waals surface area contributed by atoms with Gasteiger partial charge in [0.15, 0.2) is 0 Å². The van der Waals surface area contributed by atoms with Gasteiger partial charge in [-0.1, -0.05) is 30.3 Å². The zero-order chi connectivity index (χ0) is 15.2. The third-order valence-electron chi connectivity index (χ3n) is 3.90. The normalized spacial score (nSPS) is 16.4. The molecule has 3 rings (SSSR count). The van der Waals surface area contributed by atoms with Crippen molar-refractivity contribution in [2.45, 2.75) is 18.9 Å². The Bertz CT molecular complexity index is 627. The molecule has 4 nitrogen and oxygen atoms in total. The van der Waals surface area contributed by atoms with Crippen LogP contribution in [0.5, 0.6) is 0 Å². The van der Waals surface area contributed by atoms with Crippen molar-refractivity contribution in [1.82, 2.24) is 10.6 Å². The first kappa shape index (κ1) is 17.3. The maximum atomic E-state index is 12.4. The smallest absolute Gasteiger partial charge is 0.253 e. The SMILES string of the molecule is Cl.O=C(NCC1CCCN1)c1ccccc1Nc1ccccc1. The van der Waals surface area contributed by atoms with Gasteiger partial charge in [0.2, 0.25) is 0 Å². The van der Waals surface area contributed by atoms with E-state index in [9.17, 15) is 4.79 Å². The maximum absolute atomic E-state index is 12.4. The van der Waals surface area contributed by atoms with E-state index < -0.39 is 0 Å². The summed E-state index contributed by atoms with van der Waals surface area (Å²) in [7, 11) is 0. The second-order valence-corrected chi connectivity index (χ2v) is 5.54. The average Bonchev–Trinajstić information content (AvgIpc) is 3.08. The van der Waals surface area contributed by atoms with Crippen LogP contribution in [0.4, 0.5) is 11.4 Å². The van der Waals surface area contributed by atoms with Crippen LogP contribution in [0.1, 0.15) is 23.2 Å². The highest BCUT2D eigenvalue weighted by Gasteiger charge is 2.16. The summed E-state index contributed by atoms with van der Waals surface area (Å²) in [5.41, 5.74) is 2.47. The van der Waals surface area contributed by atoms with Crippen molar-refractivity contribution in [2.75, 3.05) is 18.4 Å². The Balaban J connectivity index is 0.00000192. The number of para-hydroxylation sites is 2. The van der Waals surface area contributed by atoms with Crippen molar-refractivity contribution in [3.63, 3.8) is 0 Å². The molecule has 0 spiro atoms. The summed E-state index contributed by atoms with van der Waals surface area (Å²) < 4.78 is 0. The number of carbonyl (C=O) groups excluding carboxylic acids is 1. The van der Waals surface area contributed by atoms with Crippen LogP contribution in [0.3, 0.4) is 0 Å². The zero-order valence-electron chi connectivity index (χ0n) is 12.9.